The highest BCUT2D eigenvalue weighted by Crippen LogP contribution is 2.33. The number of alkyl halides is 3. The molecular formula is C23H22F4N8. The molecule has 3 aromatic rings. The van der Waals surface area contributed by atoms with E-state index in [0.29, 0.717) is 35.8 Å². The average molecular weight is 486 g/mol. The van der Waals surface area contributed by atoms with E-state index in [-0.39, 0.29) is 22.9 Å². The molecule has 0 amide bonds. The van der Waals surface area contributed by atoms with E-state index in [9.17, 15) is 17.6 Å². The lowest BCUT2D eigenvalue weighted by molar-refractivity contribution is -0.118. The Hall–Kier alpha value is -3.98. The molecule has 0 spiro atoms. The highest BCUT2D eigenvalue weighted by molar-refractivity contribution is 6.11. The zero-order valence-electron chi connectivity index (χ0n) is 18.5. The van der Waals surface area contributed by atoms with Crippen LogP contribution in [0.5, 0.6) is 0 Å². The minimum atomic E-state index is -4.49. The number of anilines is 1. The van der Waals surface area contributed by atoms with Gasteiger partial charge in [-0.2, -0.15) is 18.4 Å². The number of piperidine rings is 1. The van der Waals surface area contributed by atoms with Gasteiger partial charge < -0.3 is 16.4 Å². The highest BCUT2D eigenvalue weighted by atomic mass is 19.4. The summed E-state index contributed by atoms with van der Waals surface area (Å²) < 4.78 is 54.1. The van der Waals surface area contributed by atoms with E-state index < -0.39 is 18.5 Å². The number of halogens is 4. The Bertz CT molecular complexity index is 1340. The summed E-state index contributed by atoms with van der Waals surface area (Å²) in [6.45, 7) is -0.126. The van der Waals surface area contributed by atoms with Gasteiger partial charge in [-0.25, -0.2) is 14.4 Å². The highest BCUT2D eigenvalue weighted by Gasteiger charge is 2.27. The van der Waals surface area contributed by atoms with E-state index in [1.165, 1.54) is 18.3 Å². The predicted octanol–water partition coefficient (Wildman–Crippen LogP) is 3.27. The number of benzene rings is 1. The van der Waals surface area contributed by atoms with E-state index in [0.717, 1.165) is 31.3 Å². The second kappa shape index (κ2) is 9.71. The van der Waals surface area contributed by atoms with Gasteiger partial charge in [0.1, 0.15) is 18.4 Å². The molecule has 3 heterocycles. The van der Waals surface area contributed by atoms with Crippen molar-refractivity contribution in [2.75, 3.05) is 24.5 Å². The molecule has 1 atom stereocenters. The number of allylic oxidation sites excluding steroid dienone is 1. The maximum absolute atomic E-state index is 14.5. The standard InChI is InChI=1S/C23H22F4N8/c24-18-8-14(3-4-15(18)9-28)19-20(16(10-29)11-31-13-23(25,26)27)35-7-5-32-21(22(35)33-19)34-6-1-2-17(30)12-34/h3-5,7-8,10-11,17H,1-2,6,12-13,29-30H2. The molecule has 4 rings (SSSR count). The summed E-state index contributed by atoms with van der Waals surface area (Å²) >= 11 is 0. The van der Waals surface area contributed by atoms with Crippen molar-refractivity contribution >= 4 is 23.3 Å². The van der Waals surface area contributed by atoms with Crippen molar-refractivity contribution in [1.29, 1.82) is 5.26 Å². The molecule has 0 bridgehead atoms. The van der Waals surface area contributed by atoms with Crippen molar-refractivity contribution in [2.24, 2.45) is 16.5 Å². The first-order valence-corrected chi connectivity index (χ1v) is 10.8. The lowest BCUT2D eigenvalue weighted by atomic mass is 10.0. The first kappa shape index (κ1) is 24.2. The summed E-state index contributed by atoms with van der Waals surface area (Å²) in [4.78, 5) is 14.6. The third-order valence-electron chi connectivity index (χ3n) is 5.60. The Balaban J connectivity index is 1.91. The van der Waals surface area contributed by atoms with Crippen LogP contribution in [-0.4, -0.2) is 52.4 Å². The van der Waals surface area contributed by atoms with E-state index in [4.69, 9.17) is 21.7 Å². The first-order valence-electron chi connectivity index (χ1n) is 10.8. The summed E-state index contributed by atoms with van der Waals surface area (Å²) in [6.07, 6.45) is 2.52. The van der Waals surface area contributed by atoms with Gasteiger partial charge in [0, 0.05) is 55.1 Å². The number of hydrogen-bond acceptors (Lipinski definition) is 7. The van der Waals surface area contributed by atoms with Crippen molar-refractivity contribution < 1.29 is 17.6 Å². The maximum atomic E-state index is 14.5. The Morgan fingerprint density at radius 1 is 1.34 bits per heavy atom. The average Bonchev–Trinajstić information content (AvgIpc) is 3.20. The number of aromatic nitrogens is 3. The molecule has 0 aliphatic carbocycles. The molecule has 0 saturated carbocycles. The number of fused-ring (bicyclic) bond motifs is 1. The lowest BCUT2D eigenvalue weighted by Crippen LogP contribution is -2.43. The second-order valence-corrected chi connectivity index (χ2v) is 8.12. The number of hydrogen-bond donors (Lipinski definition) is 2. The zero-order chi connectivity index (χ0) is 25.2. The van der Waals surface area contributed by atoms with Crippen LogP contribution in [0.25, 0.3) is 22.5 Å². The third kappa shape index (κ3) is 5.09. The summed E-state index contributed by atoms with van der Waals surface area (Å²) in [5, 5.41) is 9.07. The SMILES string of the molecule is N#Cc1ccc(-c2nc3c(N4CCCC(N)C4)nccn3c2C(C=NCC(F)(F)F)=CN)cc1F. The lowest BCUT2D eigenvalue weighted by Gasteiger charge is -2.31. The van der Waals surface area contributed by atoms with Gasteiger partial charge in [-0.1, -0.05) is 6.07 Å². The van der Waals surface area contributed by atoms with E-state index in [2.05, 4.69) is 9.98 Å². The smallest absolute Gasteiger partial charge is 0.404 e. The van der Waals surface area contributed by atoms with E-state index >= 15 is 0 Å². The molecule has 1 fully saturated rings. The Morgan fingerprint density at radius 2 is 2.14 bits per heavy atom. The molecule has 1 aromatic carbocycles. The first-order chi connectivity index (χ1) is 16.7. The van der Waals surface area contributed by atoms with Gasteiger partial charge in [0.2, 0.25) is 0 Å². The summed E-state index contributed by atoms with van der Waals surface area (Å²) in [7, 11) is 0. The fourth-order valence-electron chi connectivity index (χ4n) is 4.05. The number of nitrogens with two attached hydrogens (primary N) is 2. The van der Waals surface area contributed by atoms with Crippen LogP contribution in [0.3, 0.4) is 0 Å². The Labute approximate surface area is 198 Å². The van der Waals surface area contributed by atoms with Crippen molar-refractivity contribution in [3.63, 3.8) is 0 Å². The minimum Gasteiger partial charge on any atom is -0.404 e. The number of nitriles is 1. The Kier molecular flexibility index (Phi) is 6.70. The fraction of sp³-hybridized carbons (Fsp3) is 0.304. The van der Waals surface area contributed by atoms with Crippen LogP contribution in [0.4, 0.5) is 23.4 Å². The minimum absolute atomic E-state index is 0.0404. The number of rotatable bonds is 5. The van der Waals surface area contributed by atoms with Crippen LogP contribution in [-0.2, 0) is 0 Å². The van der Waals surface area contributed by atoms with Crippen molar-refractivity contribution in [2.45, 2.75) is 25.1 Å². The Morgan fingerprint density at radius 3 is 2.80 bits per heavy atom. The van der Waals surface area contributed by atoms with Gasteiger partial charge in [0.05, 0.1) is 17.0 Å². The quantitative estimate of drug-likeness (QED) is 0.422. The monoisotopic (exact) mass is 486 g/mol. The van der Waals surface area contributed by atoms with Crippen molar-refractivity contribution in [1.82, 2.24) is 14.4 Å². The van der Waals surface area contributed by atoms with Gasteiger partial charge in [-0.05, 0) is 25.0 Å². The molecule has 2 aromatic heterocycles. The van der Waals surface area contributed by atoms with Crippen LogP contribution in [0.1, 0.15) is 24.1 Å². The molecule has 0 radical (unpaired) electrons. The normalized spacial score (nSPS) is 17.3. The summed E-state index contributed by atoms with van der Waals surface area (Å²) in [6, 6.07) is 5.69. The predicted molar refractivity (Wildman–Crippen MR) is 124 cm³/mol. The van der Waals surface area contributed by atoms with Crippen LogP contribution in [0.15, 0.2) is 41.8 Å². The zero-order valence-corrected chi connectivity index (χ0v) is 18.5. The number of aliphatic imine (C=N–C) groups is 1. The van der Waals surface area contributed by atoms with E-state index in [1.807, 2.05) is 4.90 Å². The molecule has 1 unspecified atom stereocenters. The largest absolute Gasteiger partial charge is 0.407 e. The number of imidazole rings is 1. The molecule has 1 aliphatic rings. The molecule has 35 heavy (non-hydrogen) atoms. The van der Waals surface area contributed by atoms with Crippen LogP contribution >= 0.6 is 0 Å². The van der Waals surface area contributed by atoms with Crippen molar-refractivity contribution in [3.05, 3.63) is 53.9 Å². The van der Waals surface area contributed by atoms with Gasteiger partial charge in [0.15, 0.2) is 11.5 Å². The van der Waals surface area contributed by atoms with Gasteiger partial charge in [-0.3, -0.25) is 9.39 Å². The molecular weight excluding hydrogens is 464 g/mol. The molecule has 182 valence electrons. The maximum Gasteiger partial charge on any atom is 0.407 e. The topological polar surface area (TPSA) is 122 Å². The van der Waals surface area contributed by atoms with Gasteiger partial charge >= 0.3 is 6.18 Å². The molecule has 8 nitrogen and oxygen atoms in total. The number of nitrogens with zero attached hydrogens (tertiary/aromatic N) is 6. The van der Waals surface area contributed by atoms with Gasteiger partial charge in [-0.15, -0.1) is 0 Å². The van der Waals surface area contributed by atoms with Crippen molar-refractivity contribution in [3.8, 4) is 17.3 Å². The molecule has 1 aliphatic heterocycles. The van der Waals surface area contributed by atoms with E-state index in [1.54, 1.807) is 16.7 Å². The fourth-order valence-corrected chi connectivity index (χ4v) is 4.05. The third-order valence-corrected chi connectivity index (χ3v) is 5.60. The van der Waals surface area contributed by atoms with Crippen LogP contribution in [0, 0.1) is 17.1 Å². The van der Waals surface area contributed by atoms with Gasteiger partial charge in [0.25, 0.3) is 0 Å². The molecule has 12 heteroatoms. The van der Waals surface area contributed by atoms with Crippen LogP contribution < -0.4 is 16.4 Å². The van der Waals surface area contributed by atoms with Crippen LogP contribution in [0.2, 0.25) is 0 Å². The second-order valence-electron chi connectivity index (χ2n) is 8.12. The summed E-state index contributed by atoms with van der Waals surface area (Å²) in [5.74, 6) is -0.217. The molecule has 4 N–H and O–H groups in total. The summed E-state index contributed by atoms with van der Waals surface area (Å²) in [5.41, 5.74) is 13.2. The molecule has 1 saturated heterocycles.